The van der Waals surface area contributed by atoms with E-state index in [0.29, 0.717) is 23.9 Å². The summed E-state index contributed by atoms with van der Waals surface area (Å²) in [7, 11) is 0. The fraction of sp³-hybridized carbons (Fsp3) is 0.500. The minimum Gasteiger partial charge on any atom is -0.483 e. The van der Waals surface area contributed by atoms with Gasteiger partial charge in [0.1, 0.15) is 11.4 Å². The molecule has 1 saturated heterocycles. The Hall–Kier alpha value is -1.60. The van der Waals surface area contributed by atoms with E-state index in [0.717, 1.165) is 11.3 Å². The van der Waals surface area contributed by atoms with Crippen molar-refractivity contribution in [3.05, 3.63) is 34.9 Å². The average Bonchev–Trinajstić information content (AvgIpc) is 2.54. The number of hydrogen-bond donors (Lipinski definition) is 2. The number of amides is 1. The van der Waals surface area contributed by atoms with Crippen LogP contribution in [0, 0.1) is 0 Å². The SMILES string of the molecule is CC1(C)C=C(N2CCN(CC(O)CO)CC2=O)c2cc(Cl)ccc2O1. The molecule has 1 amide bonds. The zero-order valence-electron chi connectivity index (χ0n) is 14.4. The van der Waals surface area contributed by atoms with Crippen LogP contribution in [0.5, 0.6) is 5.75 Å². The Balaban J connectivity index is 1.85. The van der Waals surface area contributed by atoms with Crippen LogP contribution < -0.4 is 4.74 Å². The monoisotopic (exact) mass is 366 g/mol. The molecule has 1 atom stereocenters. The van der Waals surface area contributed by atoms with Crippen LogP contribution in [0.2, 0.25) is 5.02 Å². The lowest BCUT2D eigenvalue weighted by Gasteiger charge is -2.40. The third-order valence-electron chi connectivity index (χ3n) is 4.35. The zero-order valence-corrected chi connectivity index (χ0v) is 15.2. The lowest BCUT2D eigenvalue weighted by molar-refractivity contribution is -0.132. The molecular formula is C18H23ClN2O4. The van der Waals surface area contributed by atoms with Gasteiger partial charge in [-0.3, -0.25) is 9.69 Å². The number of carbonyl (C=O) groups excluding carboxylic acids is 1. The van der Waals surface area contributed by atoms with Crippen molar-refractivity contribution in [1.29, 1.82) is 0 Å². The maximum absolute atomic E-state index is 12.7. The maximum atomic E-state index is 12.7. The maximum Gasteiger partial charge on any atom is 0.241 e. The van der Waals surface area contributed by atoms with Crippen molar-refractivity contribution in [3.63, 3.8) is 0 Å². The van der Waals surface area contributed by atoms with Gasteiger partial charge in [-0.25, -0.2) is 0 Å². The van der Waals surface area contributed by atoms with Crippen LogP contribution in [0.25, 0.3) is 5.70 Å². The molecule has 2 heterocycles. The lowest BCUT2D eigenvalue weighted by atomic mass is 9.97. The van der Waals surface area contributed by atoms with Gasteiger partial charge in [-0.1, -0.05) is 11.6 Å². The first-order chi connectivity index (χ1) is 11.8. The van der Waals surface area contributed by atoms with Crippen molar-refractivity contribution < 1.29 is 19.7 Å². The van der Waals surface area contributed by atoms with Gasteiger partial charge in [0, 0.05) is 30.2 Å². The number of hydrogen-bond acceptors (Lipinski definition) is 5. The van der Waals surface area contributed by atoms with E-state index in [1.165, 1.54) is 0 Å². The highest BCUT2D eigenvalue weighted by atomic mass is 35.5. The summed E-state index contributed by atoms with van der Waals surface area (Å²) in [6.07, 6.45) is 1.11. The quantitative estimate of drug-likeness (QED) is 0.841. The van der Waals surface area contributed by atoms with E-state index < -0.39 is 11.7 Å². The van der Waals surface area contributed by atoms with Crippen molar-refractivity contribution in [2.75, 3.05) is 32.8 Å². The summed E-state index contributed by atoms with van der Waals surface area (Å²) < 4.78 is 5.97. The van der Waals surface area contributed by atoms with E-state index in [-0.39, 0.29) is 25.6 Å². The number of rotatable bonds is 4. The van der Waals surface area contributed by atoms with Crippen LogP contribution in [-0.4, -0.2) is 70.4 Å². The second-order valence-corrected chi connectivity index (χ2v) is 7.43. The highest BCUT2D eigenvalue weighted by molar-refractivity contribution is 6.30. The van der Waals surface area contributed by atoms with Crippen molar-refractivity contribution in [2.45, 2.75) is 25.6 Å². The summed E-state index contributed by atoms with van der Waals surface area (Å²) in [6.45, 7) is 5.20. The third kappa shape index (κ3) is 3.98. The zero-order chi connectivity index (χ0) is 18.2. The third-order valence-corrected chi connectivity index (χ3v) is 4.58. The Morgan fingerprint density at radius 2 is 2.12 bits per heavy atom. The van der Waals surface area contributed by atoms with Crippen LogP contribution >= 0.6 is 11.6 Å². The predicted molar refractivity (Wildman–Crippen MR) is 95.4 cm³/mol. The molecular weight excluding hydrogens is 344 g/mol. The second kappa shape index (κ2) is 6.96. The van der Waals surface area contributed by atoms with E-state index in [4.69, 9.17) is 21.4 Å². The van der Waals surface area contributed by atoms with Crippen LogP contribution in [0.3, 0.4) is 0 Å². The molecule has 136 valence electrons. The molecule has 0 bridgehead atoms. The smallest absolute Gasteiger partial charge is 0.241 e. The number of ether oxygens (including phenoxy) is 1. The fourth-order valence-corrected chi connectivity index (χ4v) is 3.39. The first-order valence-corrected chi connectivity index (χ1v) is 8.70. The molecule has 2 aliphatic rings. The second-order valence-electron chi connectivity index (χ2n) is 6.99. The Bertz CT molecular complexity index is 704. The largest absolute Gasteiger partial charge is 0.483 e. The molecule has 1 aromatic carbocycles. The summed E-state index contributed by atoms with van der Waals surface area (Å²) in [5.41, 5.74) is 1.09. The van der Waals surface area contributed by atoms with Gasteiger partial charge in [-0.2, -0.15) is 0 Å². The lowest BCUT2D eigenvalue weighted by Crippen LogP contribution is -2.52. The van der Waals surface area contributed by atoms with Crippen molar-refractivity contribution >= 4 is 23.2 Å². The van der Waals surface area contributed by atoms with Gasteiger partial charge in [0.15, 0.2) is 0 Å². The van der Waals surface area contributed by atoms with Gasteiger partial charge in [0.05, 0.1) is 25.0 Å². The minimum absolute atomic E-state index is 0.0498. The first-order valence-electron chi connectivity index (χ1n) is 8.32. The van der Waals surface area contributed by atoms with E-state index in [2.05, 4.69) is 0 Å². The summed E-state index contributed by atoms with van der Waals surface area (Å²) >= 11 is 6.14. The van der Waals surface area contributed by atoms with Crippen LogP contribution in [0.4, 0.5) is 0 Å². The van der Waals surface area contributed by atoms with Crippen molar-refractivity contribution in [1.82, 2.24) is 9.80 Å². The van der Waals surface area contributed by atoms with Gasteiger partial charge < -0.3 is 19.8 Å². The average molecular weight is 367 g/mol. The molecule has 25 heavy (non-hydrogen) atoms. The number of benzene rings is 1. The molecule has 0 radical (unpaired) electrons. The summed E-state index contributed by atoms with van der Waals surface area (Å²) in [4.78, 5) is 16.3. The standard InChI is InChI=1S/C18H23ClN2O4/c1-18(2)8-15(14-7-12(19)3-4-16(14)25-18)21-6-5-20(10-17(21)24)9-13(23)11-22/h3-4,7-8,13,22-23H,5-6,9-11H2,1-2H3. The van der Waals surface area contributed by atoms with E-state index in [1.54, 1.807) is 11.0 Å². The minimum atomic E-state index is -0.833. The van der Waals surface area contributed by atoms with Crippen LogP contribution in [0.15, 0.2) is 24.3 Å². The molecule has 2 N–H and O–H groups in total. The number of carbonyl (C=O) groups is 1. The molecule has 6 nitrogen and oxygen atoms in total. The number of halogens is 1. The molecule has 0 aromatic heterocycles. The van der Waals surface area contributed by atoms with Gasteiger partial charge >= 0.3 is 0 Å². The number of aliphatic hydroxyl groups is 2. The Labute approximate surface area is 152 Å². The highest BCUT2D eigenvalue weighted by Gasteiger charge is 2.34. The molecule has 0 spiro atoms. The highest BCUT2D eigenvalue weighted by Crippen LogP contribution is 2.39. The Kier molecular flexibility index (Phi) is 5.06. The fourth-order valence-electron chi connectivity index (χ4n) is 3.22. The van der Waals surface area contributed by atoms with Crippen molar-refractivity contribution in [2.24, 2.45) is 0 Å². The molecule has 1 unspecified atom stereocenters. The number of β-amino-alcohol motifs (C(OH)–C–C–N with tert-alkyl or cyclic N) is 1. The first kappa shape index (κ1) is 18.2. The predicted octanol–water partition coefficient (Wildman–Crippen LogP) is 1.35. The topological polar surface area (TPSA) is 73.2 Å². The Morgan fingerprint density at radius 1 is 1.36 bits per heavy atom. The number of piperazine rings is 1. The number of aliphatic hydroxyl groups excluding tert-OH is 2. The molecule has 1 fully saturated rings. The number of nitrogens with zero attached hydrogens (tertiary/aromatic N) is 2. The van der Waals surface area contributed by atoms with Gasteiger partial charge in [-0.15, -0.1) is 0 Å². The molecule has 0 saturated carbocycles. The van der Waals surface area contributed by atoms with Gasteiger partial charge in [0.2, 0.25) is 5.91 Å². The van der Waals surface area contributed by atoms with Gasteiger partial charge in [-0.05, 0) is 38.1 Å². The Morgan fingerprint density at radius 3 is 2.80 bits per heavy atom. The summed E-state index contributed by atoms with van der Waals surface area (Å²) in [5.74, 6) is 0.657. The summed E-state index contributed by atoms with van der Waals surface area (Å²) in [5, 5.41) is 19.1. The summed E-state index contributed by atoms with van der Waals surface area (Å²) in [6, 6.07) is 5.41. The van der Waals surface area contributed by atoms with Gasteiger partial charge in [0.25, 0.3) is 0 Å². The number of fused-ring (bicyclic) bond motifs is 1. The van der Waals surface area contributed by atoms with E-state index in [9.17, 15) is 9.90 Å². The van der Waals surface area contributed by atoms with Crippen molar-refractivity contribution in [3.8, 4) is 5.75 Å². The molecule has 2 aliphatic heterocycles. The normalized spacial score (nSPS) is 21.4. The van der Waals surface area contributed by atoms with Crippen LogP contribution in [-0.2, 0) is 4.79 Å². The molecule has 0 aliphatic carbocycles. The molecule has 3 rings (SSSR count). The van der Waals surface area contributed by atoms with E-state index >= 15 is 0 Å². The molecule has 7 heteroatoms. The van der Waals surface area contributed by atoms with Crippen LogP contribution in [0.1, 0.15) is 19.4 Å². The van der Waals surface area contributed by atoms with E-state index in [1.807, 2.05) is 37.0 Å². The molecule has 1 aromatic rings.